The van der Waals surface area contributed by atoms with Crippen molar-refractivity contribution < 1.29 is 27.5 Å². The molecule has 1 N–H and O–H groups in total. The number of piperazine rings is 1. The molecule has 2 aromatic heterocycles. The first-order valence-electron chi connectivity index (χ1n) is 11.2. The quantitative estimate of drug-likeness (QED) is 0.606. The van der Waals surface area contributed by atoms with Crippen molar-refractivity contribution in [3.63, 3.8) is 0 Å². The highest BCUT2D eigenvalue weighted by molar-refractivity contribution is 5.95. The third-order valence-electron chi connectivity index (χ3n) is 6.05. The summed E-state index contributed by atoms with van der Waals surface area (Å²) in [7, 11) is 0. The van der Waals surface area contributed by atoms with Gasteiger partial charge >= 0.3 is 6.18 Å². The van der Waals surface area contributed by atoms with Crippen LogP contribution in [0.25, 0.3) is 0 Å². The number of carbonyl (C=O) groups excluding carboxylic acids is 2. The largest absolute Gasteiger partial charge is 0.419 e. The number of carbonyl (C=O) groups is 2. The van der Waals surface area contributed by atoms with E-state index in [1.807, 2.05) is 17.6 Å². The third kappa shape index (κ3) is 5.32. The van der Waals surface area contributed by atoms with Crippen molar-refractivity contribution in [3.05, 3.63) is 41.0 Å². The Balaban J connectivity index is 1.17. The van der Waals surface area contributed by atoms with E-state index in [0.717, 1.165) is 30.2 Å². The van der Waals surface area contributed by atoms with Gasteiger partial charge in [-0.15, -0.1) is 0 Å². The topological polar surface area (TPSA) is 92.6 Å². The minimum atomic E-state index is -4.47. The van der Waals surface area contributed by atoms with Crippen LogP contribution in [0, 0.1) is 6.92 Å². The number of ether oxygens (including phenoxy) is 1. The summed E-state index contributed by atoms with van der Waals surface area (Å²) in [5.41, 5.74) is 1.82. The van der Waals surface area contributed by atoms with Crippen LogP contribution in [0.1, 0.15) is 33.7 Å². The molecule has 0 atom stereocenters. The zero-order valence-corrected chi connectivity index (χ0v) is 18.9. The van der Waals surface area contributed by atoms with Gasteiger partial charge in [-0.05, 0) is 18.6 Å². The first-order chi connectivity index (χ1) is 16.2. The Morgan fingerprint density at radius 1 is 1.12 bits per heavy atom. The SMILES string of the molecule is Cc1cc(CCOCCC(=O)N2CCN(c3ncc(C(F)(F)F)cn3)CC2)n2c1C(=O)NCC2. The summed E-state index contributed by atoms with van der Waals surface area (Å²) in [4.78, 5) is 35.6. The maximum absolute atomic E-state index is 12.7. The molecule has 0 unspecified atom stereocenters. The van der Waals surface area contributed by atoms with Gasteiger partial charge in [0.25, 0.3) is 5.91 Å². The highest BCUT2D eigenvalue weighted by atomic mass is 19.4. The van der Waals surface area contributed by atoms with Crippen LogP contribution in [-0.2, 0) is 28.7 Å². The maximum atomic E-state index is 12.7. The molecule has 0 aliphatic carbocycles. The lowest BCUT2D eigenvalue weighted by molar-refractivity contribution is -0.138. The van der Waals surface area contributed by atoms with Gasteiger partial charge in [0.15, 0.2) is 0 Å². The molecule has 0 radical (unpaired) electrons. The third-order valence-corrected chi connectivity index (χ3v) is 6.05. The summed E-state index contributed by atoms with van der Waals surface area (Å²) in [5, 5.41) is 2.85. The Kier molecular flexibility index (Phi) is 7.05. The van der Waals surface area contributed by atoms with E-state index in [1.165, 1.54) is 0 Å². The summed E-state index contributed by atoms with van der Waals surface area (Å²) in [6.07, 6.45) is -2.00. The van der Waals surface area contributed by atoms with Crippen molar-refractivity contribution in [3.8, 4) is 0 Å². The van der Waals surface area contributed by atoms with Gasteiger partial charge < -0.3 is 24.4 Å². The van der Waals surface area contributed by atoms with Gasteiger partial charge in [0.05, 0.1) is 25.2 Å². The number of halogens is 3. The smallest absolute Gasteiger partial charge is 0.381 e. The van der Waals surface area contributed by atoms with Crippen LogP contribution >= 0.6 is 0 Å². The lowest BCUT2D eigenvalue weighted by atomic mass is 10.2. The number of rotatable bonds is 7. The molecule has 9 nitrogen and oxygen atoms in total. The van der Waals surface area contributed by atoms with Crippen LogP contribution in [0.4, 0.5) is 19.1 Å². The second kappa shape index (κ2) is 10.00. The molecule has 2 aromatic rings. The van der Waals surface area contributed by atoms with Gasteiger partial charge in [-0.2, -0.15) is 13.2 Å². The molecular weight excluding hydrogens is 453 g/mol. The number of anilines is 1. The van der Waals surface area contributed by atoms with E-state index >= 15 is 0 Å². The Bertz CT molecular complexity index is 1030. The summed E-state index contributed by atoms with van der Waals surface area (Å²) >= 11 is 0. The molecule has 0 bridgehead atoms. The number of nitrogens with one attached hydrogen (secondary N) is 1. The highest BCUT2D eigenvalue weighted by Crippen LogP contribution is 2.28. The first-order valence-corrected chi connectivity index (χ1v) is 11.2. The lowest BCUT2D eigenvalue weighted by Crippen LogP contribution is -2.49. The fourth-order valence-electron chi connectivity index (χ4n) is 4.26. The van der Waals surface area contributed by atoms with Gasteiger partial charge in [-0.3, -0.25) is 9.59 Å². The number of hydrogen-bond acceptors (Lipinski definition) is 6. The fraction of sp³-hybridized carbons (Fsp3) is 0.545. The molecule has 0 spiro atoms. The normalized spacial score (nSPS) is 16.4. The predicted molar refractivity (Wildman–Crippen MR) is 116 cm³/mol. The molecule has 184 valence electrons. The van der Waals surface area contributed by atoms with Crippen molar-refractivity contribution in [1.29, 1.82) is 0 Å². The lowest BCUT2D eigenvalue weighted by Gasteiger charge is -2.34. The number of amides is 2. The molecule has 1 saturated heterocycles. The van der Waals surface area contributed by atoms with Crippen molar-refractivity contribution in [2.45, 2.75) is 32.5 Å². The Morgan fingerprint density at radius 2 is 1.82 bits per heavy atom. The molecule has 2 aliphatic heterocycles. The Labute approximate surface area is 194 Å². The summed E-state index contributed by atoms with van der Waals surface area (Å²) in [6, 6.07) is 2.01. The minimum Gasteiger partial charge on any atom is -0.381 e. The zero-order chi connectivity index (χ0) is 24.3. The Hall–Kier alpha value is -3.15. The van der Waals surface area contributed by atoms with E-state index in [1.54, 1.807) is 9.80 Å². The average Bonchev–Trinajstić information content (AvgIpc) is 3.15. The molecule has 2 aliphatic rings. The molecule has 2 amide bonds. The van der Waals surface area contributed by atoms with E-state index in [-0.39, 0.29) is 24.2 Å². The van der Waals surface area contributed by atoms with E-state index in [9.17, 15) is 22.8 Å². The molecule has 0 saturated carbocycles. The van der Waals surface area contributed by atoms with Crippen LogP contribution in [0.15, 0.2) is 18.5 Å². The average molecular weight is 480 g/mol. The number of alkyl halides is 3. The van der Waals surface area contributed by atoms with E-state index < -0.39 is 11.7 Å². The van der Waals surface area contributed by atoms with E-state index in [0.29, 0.717) is 58.1 Å². The number of nitrogens with zero attached hydrogens (tertiary/aromatic N) is 5. The van der Waals surface area contributed by atoms with Crippen LogP contribution < -0.4 is 10.2 Å². The van der Waals surface area contributed by atoms with Gasteiger partial charge in [0.2, 0.25) is 11.9 Å². The molecule has 34 heavy (non-hydrogen) atoms. The number of fused-ring (bicyclic) bond motifs is 1. The van der Waals surface area contributed by atoms with Gasteiger partial charge in [0.1, 0.15) is 5.69 Å². The predicted octanol–water partition coefficient (Wildman–Crippen LogP) is 1.65. The van der Waals surface area contributed by atoms with Gasteiger partial charge in [0, 0.05) is 63.8 Å². The fourth-order valence-corrected chi connectivity index (χ4v) is 4.26. The molecule has 12 heteroatoms. The monoisotopic (exact) mass is 480 g/mol. The highest BCUT2D eigenvalue weighted by Gasteiger charge is 2.32. The molecule has 0 aromatic carbocycles. The standard InChI is InChI=1S/C22H27F3N6O3/c1-15-12-17(31-5-4-26-20(33)19(15)31)2-10-34-11-3-18(32)29-6-8-30(9-7-29)21-27-13-16(14-28-21)22(23,24)25/h12-14H,2-11H2,1H3,(H,26,33). The van der Waals surface area contributed by atoms with E-state index in [2.05, 4.69) is 15.3 Å². The van der Waals surface area contributed by atoms with Crippen molar-refractivity contribution in [1.82, 2.24) is 24.8 Å². The summed E-state index contributed by atoms with van der Waals surface area (Å²) < 4.78 is 45.7. The molecule has 4 rings (SSSR count). The van der Waals surface area contributed by atoms with Gasteiger partial charge in [-0.25, -0.2) is 9.97 Å². The van der Waals surface area contributed by atoms with Crippen LogP contribution in [0.2, 0.25) is 0 Å². The second-order valence-corrected chi connectivity index (χ2v) is 8.32. The van der Waals surface area contributed by atoms with E-state index in [4.69, 9.17) is 4.74 Å². The van der Waals surface area contributed by atoms with Crippen LogP contribution in [0.3, 0.4) is 0 Å². The second-order valence-electron chi connectivity index (χ2n) is 8.32. The van der Waals surface area contributed by atoms with Crippen molar-refractivity contribution >= 4 is 17.8 Å². The Morgan fingerprint density at radius 3 is 2.50 bits per heavy atom. The molecular formula is C22H27F3N6O3. The number of aryl methyl sites for hydroxylation is 1. The minimum absolute atomic E-state index is 0.0273. The summed E-state index contributed by atoms with van der Waals surface area (Å²) in [5.74, 6) is 0.149. The van der Waals surface area contributed by atoms with Crippen LogP contribution in [0.5, 0.6) is 0 Å². The van der Waals surface area contributed by atoms with Crippen LogP contribution in [-0.4, -0.2) is 77.2 Å². The maximum Gasteiger partial charge on any atom is 0.419 e. The van der Waals surface area contributed by atoms with Crippen molar-refractivity contribution in [2.75, 3.05) is 50.8 Å². The molecule has 1 fully saturated rings. The van der Waals surface area contributed by atoms with Gasteiger partial charge in [-0.1, -0.05) is 0 Å². The van der Waals surface area contributed by atoms with Crippen molar-refractivity contribution in [2.24, 2.45) is 0 Å². The summed E-state index contributed by atoms with van der Waals surface area (Å²) in [6.45, 7) is 5.82. The zero-order valence-electron chi connectivity index (χ0n) is 18.9. The molecule has 4 heterocycles. The number of aromatic nitrogens is 3. The first kappa shape index (κ1) is 24.0. The number of hydrogen-bond donors (Lipinski definition) is 1.